The van der Waals surface area contributed by atoms with E-state index >= 15 is 0 Å². The van der Waals surface area contributed by atoms with Gasteiger partial charge in [-0.15, -0.1) is 0 Å². The summed E-state index contributed by atoms with van der Waals surface area (Å²) in [5, 5.41) is 5.36. The lowest BCUT2D eigenvalue weighted by Gasteiger charge is -2.08. The summed E-state index contributed by atoms with van der Waals surface area (Å²) >= 11 is 6.16. The van der Waals surface area contributed by atoms with E-state index in [4.69, 9.17) is 16.0 Å². The van der Waals surface area contributed by atoms with Crippen molar-refractivity contribution < 1.29 is 4.42 Å². The molecule has 0 amide bonds. The van der Waals surface area contributed by atoms with Crippen molar-refractivity contribution in [3.05, 3.63) is 114 Å². The van der Waals surface area contributed by atoms with Gasteiger partial charge in [0, 0.05) is 38.3 Å². The van der Waals surface area contributed by atoms with Crippen molar-refractivity contribution in [3.63, 3.8) is 0 Å². The number of aromatic nitrogens is 1. The van der Waals surface area contributed by atoms with Gasteiger partial charge in [-0.05, 0) is 65.7 Å². The van der Waals surface area contributed by atoms with Crippen LogP contribution in [0.25, 0.3) is 60.6 Å². The highest BCUT2D eigenvalue weighted by Gasteiger charge is 2.14. The lowest BCUT2D eigenvalue weighted by Crippen LogP contribution is -1.92. The molecule has 0 radical (unpaired) electrons. The first-order chi connectivity index (χ1) is 16.3. The van der Waals surface area contributed by atoms with Gasteiger partial charge in [0.15, 0.2) is 0 Å². The van der Waals surface area contributed by atoms with Crippen LogP contribution in [-0.4, -0.2) is 4.57 Å². The van der Waals surface area contributed by atoms with E-state index in [-0.39, 0.29) is 0 Å². The van der Waals surface area contributed by atoms with Gasteiger partial charge in [-0.3, -0.25) is 0 Å². The van der Waals surface area contributed by atoms with Crippen LogP contribution in [0, 0.1) is 0 Å². The maximum Gasteiger partial charge on any atom is 0.136 e. The van der Waals surface area contributed by atoms with Crippen molar-refractivity contribution in [2.75, 3.05) is 0 Å². The van der Waals surface area contributed by atoms with Gasteiger partial charge in [-0.1, -0.05) is 60.1 Å². The van der Waals surface area contributed by atoms with Gasteiger partial charge >= 0.3 is 0 Å². The monoisotopic (exact) mass is 443 g/mol. The Labute approximate surface area is 195 Å². The molecule has 7 aromatic rings. The van der Waals surface area contributed by atoms with Crippen molar-refractivity contribution in [3.8, 4) is 16.8 Å². The van der Waals surface area contributed by atoms with Gasteiger partial charge in [0.1, 0.15) is 11.2 Å². The van der Waals surface area contributed by atoms with Crippen molar-refractivity contribution in [1.29, 1.82) is 0 Å². The summed E-state index contributed by atoms with van der Waals surface area (Å²) in [6.07, 6.45) is 0. The van der Waals surface area contributed by atoms with E-state index in [1.165, 1.54) is 33.1 Å². The van der Waals surface area contributed by atoms with Crippen LogP contribution >= 0.6 is 11.6 Å². The molecule has 33 heavy (non-hydrogen) atoms. The highest BCUT2D eigenvalue weighted by molar-refractivity contribution is 6.31. The third-order valence-electron chi connectivity index (χ3n) is 6.46. The van der Waals surface area contributed by atoms with Crippen molar-refractivity contribution >= 4 is 55.3 Å². The maximum absolute atomic E-state index is 6.16. The normalized spacial score (nSPS) is 11.8. The third kappa shape index (κ3) is 2.81. The second-order valence-electron chi connectivity index (χ2n) is 8.37. The molecule has 156 valence electrons. The first-order valence-corrected chi connectivity index (χ1v) is 11.3. The van der Waals surface area contributed by atoms with Crippen LogP contribution in [0.4, 0.5) is 0 Å². The Bertz CT molecular complexity index is 1830. The summed E-state index contributed by atoms with van der Waals surface area (Å²) in [5.41, 5.74) is 7.56. The number of fused-ring (bicyclic) bond motifs is 6. The average Bonchev–Trinajstić information content (AvgIpc) is 3.38. The second kappa shape index (κ2) is 6.99. The zero-order valence-corrected chi connectivity index (χ0v) is 18.4. The van der Waals surface area contributed by atoms with Crippen LogP contribution in [0.1, 0.15) is 0 Å². The Morgan fingerprint density at radius 1 is 0.515 bits per heavy atom. The van der Waals surface area contributed by atoms with Gasteiger partial charge in [-0.25, -0.2) is 0 Å². The quantitative estimate of drug-likeness (QED) is 0.260. The third-order valence-corrected chi connectivity index (χ3v) is 6.69. The fourth-order valence-corrected chi connectivity index (χ4v) is 5.10. The molecule has 3 heteroatoms. The van der Waals surface area contributed by atoms with Gasteiger partial charge in [0.05, 0.1) is 11.0 Å². The number of rotatable bonds is 2. The lowest BCUT2D eigenvalue weighted by molar-refractivity contribution is 0.669. The minimum Gasteiger partial charge on any atom is -0.456 e. The molecule has 0 bridgehead atoms. The molecule has 0 spiro atoms. The molecule has 0 unspecified atom stereocenters. The molecule has 0 fully saturated rings. The molecule has 0 saturated carbocycles. The van der Waals surface area contributed by atoms with Crippen LogP contribution in [0.2, 0.25) is 5.02 Å². The van der Waals surface area contributed by atoms with Crippen molar-refractivity contribution in [1.82, 2.24) is 4.57 Å². The highest BCUT2D eigenvalue weighted by Crippen LogP contribution is 2.37. The average molecular weight is 444 g/mol. The van der Waals surface area contributed by atoms with Crippen LogP contribution in [0.3, 0.4) is 0 Å². The number of para-hydroxylation sites is 2. The standard InChI is InChI=1S/C30H18ClNO/c31-21-12-14-25-24-13-10-20(17-29(24)33-30(25)18-21)19-11-15-28-26(16-19)23-8-4-5-9-27(23)32(28)22-6-2-1-3-7-22/h1-18H. The van der Waals surface area contributed by atoms with Gasteiger partial charge < -0.3 is 8.98 Å². The Balaban J connectivity index is 1.45. The van der Waals surface area contributed by atoms with Crippen LogP contribution < -0.4 is 0 Å². The van der Waals surface area contributed by atoms with Crippen molar-refractivity contribution in [2.45, 2.75) is 0 Å². The fraction of sp³-hybridized carbons (Fsp3) is 0. The zero-order valence-electron chi connectivity index (χ0n) is 17.6. The number of hydrogen-bond donors (Lipinski definition) is 0. The summed E-state index contributed by atoms with van der Waals surface area (Å²) in [6, 6.07) is 38.1. The number of hydrogen-bond acceptors (Lipinski definition) is 1. The van der Waals surface area contributed by atoms with E-state index in [2.05, 4.69) is 95.6 Å². The lowest BCUT2D eigenvalue weighted by atomic mass is 10.0. The topological polar surface area (TPSA) is 18.1 Å². The van der Waals surface area contributed by atoms with E-state index in [1.54, 1.807) is 0 Å². The van der Waals surface area contributed by atoms with E-state index in [0.29, 0.717) is 5.02 Å². The van der Waals surface area contributed by atoms with E-state index in [0.717, 1.165) is 27.5 Å². The molecule has 0 saturated heterocycles. The smallest absolute Gasteiger partial charge is 0.136 e. The summed E-state index contributed by atoms with van der Waals surface area (Å²) in [5.74, 6) is 0. The Hall–Kier alpha value is -4.01. The first-order valence-electron chi connectivity index (χ1n) is 11.0. The van der Waals surface area contributed by atoms with Crippen LogP contribution in [-0.2, 0) is 0 Å². The molecule has 0 aliphatic carbocycles. The SMILES string of the molecule is Clc1ccc2c(c1)oc1cc(-c3ccc4c(c3)c3ccccc3n4-c3ccccc3)ccc12. The minimum atomic E-state index is 0.682. The summed E-state index contributed by atoms with van der Waals surface area (Å²) in [7, 11) is 0. The van der Waals surface area contributed by atoms with E-state index < -0.39 is 0 Å². The van der Waals surface area contributed by atoms with Gasteiger partial charge in [-0.2, -0.15) is 0 Å². The molecule has 0 N–H and O–H groups in total. The molecule has 2 nitrogen and oxygen atoms in total. The fourth-order valence-electron chi connectivity index (χ4n) is 4.94. The van der Waals surface area contributed by atoms with Gasteiger partial charge in [0.2, 0.25) is 0 Å². The van der Waals surface area contributed by atoms with E-state index in [1.807, 2.05) is 18.2 Å². The molecule has 0 atom stereocenters. The minimum absolute atomic E-state index is 0.682. The largest absolute Gasteiger partial charge is 0.456 e. The predicted molar refractivity (Wildman–Crippen MR) is 139 cm³/mol. The summed E-state index contributed by atoms with van der Waals surface area (Å²) in [6.45, 7) is 0. The molecular formula is C30H18ClNO. The first kappa shape index (κ1) is 18.6. The molecule has 0 aliphatic rings. The Morgan fingerprint density at radius 2 is 1.18 bits per heavy atom. The number of furan rings is 1. The van der Waals surface area contributed by atoms with Crippen LogP contribution in [0.5, 0.6) is 0 Å². The predicted octanol–water partition coefficient (Wildman–Crippen LogP) is 9.00. The highest BCUT2D eigenvalue weighted by atomic mass is 35.5. The molecule has 5 aromatic carbocycles. The summed E-state index contributed by atoms with van der Waals surface area (Å²) in [4.78, 5) is 0. The molecule has 2 heterocycles. The number of halogens is 1. The van der Waals surface area contributed by atoms with Crippen LogP contribution in [0.15, 0.2) is 114 Å². The van der Waals surface area contributed by atoms with Gasteiger partial charge in [0.25, 0.3) is 0 Å². The molecule has 0 aliphatic heterocycles. The zero-order chi connectivity index (χ0) is 21.9. The summed E-state index contributed by atoms with van der Waals surface area (Å²) < 4.78 is 8.46. The molecule has 2 aromatic heterocycles. The Kier molecular flexibility index (Phi) is 3.93. The number of benzene rings is 5. The molecule has 7 rings (SSSR count). The van der Waals surface area contributed by atoms with Crippen molar-refractivity contribution in [2.24, 2.45) is 0 Å². The molecular weight excluding hydrogens is 426 g/mol. The Morgan fingerprint density at radius 3 is 2.06 bits per heavy atom. The van der Waals surface area contributed by atoms with E-state index in [9.17, 15) is 0 Å². The second-order valence-corrected chi connectivity index (χ2v) is 8.81. The maximum atomic E-state index is 6.16. The number of nitrogens with zero attached hydrogens (tertiary/aromatic N) is 1.